The number of aromatic nitrogens is 1. The van der Waals surface area contributed by atoms with Gasteiger partial charge in [0.2, 0.25) is 0 Å². The van der Waals surface area contributed by atoms with Gasteiger partial charge in [0.05, 0.1) is 6.10 Å². The molecule has 0 aromatic carbocycles. The zero-order chi connectivity index (χ0) is 12.7. The Kier molecular flexibility index (Phi) is 5.42. The van der Waals surface area contributed by atoms with Gasteiger partial charge in [0.1, 0.15) is 5.69 Å². The maximum absolute atomic E-state index is 11.5. The number of carbonyl (C=O) groups is 1. The fourth-order valence-electron chi connectivity index (χ4n) is 1.34. The molecule has 1 unspecified atom stereocenters. The average molecular weight is 237 g/mol. The van der Waals surface area contributed by atoms with Crippen LogP contribution < -0.4 is 10.6 Å². The van der Waals surface area contributed by atoms with E-state index in [2.05, 4.69) is 15.6 Å². The second kappa shape index (κ2) is 6.85. The van der Waals surface area contributed by atoms with Crippen LogP contribution in [-0.4, -0.2) is 35.2 Å². The van der Waals surface area contributed by atoms with Crippen LogP contribution in [0.1, 0.15) is 30.8 Å². The molecule has 0 aliphatic heterocycles. The van der Waals surface area contributed by atoms with Gasteiger partial charge in [0, 0.05) is 25.0 Å². The number of aliphatic hydroxyl groups is 1. The highest BCUT2D eigenvalue weighted by atomic mass is 16.3. The van der Waals surface area contributed by atoms with E-state index < -0.39 is 0 Å². The van der Waals surface area contributed by atoms with Crippen LogP contribution in [0.15, 0.2) is 18.3 Å². The van der Waals surface area contributed by atoms with E-state index in [0.717, 1.165) is 5.69 Å². The third-order valence-electron chi connectivity index (χ3n) is 2.22. The van der Waals surface area contributed by atoms with E-state index in [1.165, 1.54) is 0 Å². The predicted octanol–water partition coefficient (Wildman–Crippen LogP) is 1.01. The minimum absolute atomic E-state index is 0.174. The molecule has 17 heavy (non-hydrogen) atoms. The van der Waals surface area contributed by atoms with Gasteiger partial charge >= 0.3 is 0 Å². The Morgan fingerprint density at radius 1 is 1.59 bits per heavy atom. The average Bonchev–Trinajstić information content (AvgIpc) is 2.29. The Hall–Kier alpha value is -1.62. The quantitative estimate of drug-likeness (QED) is 0.690. The highest BCUT2D eigenvalue weighted by Crippen LogP contribution is 2.08. The number of amides is 1. The van der Waals surface area contributed by atoms with Gasteiger partial charge in [-0.25, -0.2) is 0 Å². The Balaban J connectivity index is 2.56. The molecule has 1 rings (SSSR count). The van der Waals surface area contributed by atoms with Gasteiger partial charge < -0.3 is 15.7 Å². The maximum Gasteiger partial charge on any atom is 0.269 e. The van der Waals surface area contributed by atoms with Crippen molar-refractivity contribution in [1.29, 1.82) is 0 Å². The van der Waals surface area contributed by atoms with Crippen molar-refractivity contribution in [2.45, 2.75) is 26.4 Å². The molecule has 0 bridgehead atoms. The number of nitrogens with one attached hydrogen (secondary N) is 2. The Bertz CT molecular complexity index is 367. The highest BCUT2D eigenvalue weighted by molar-refractivity contribution is 5.93. The zero-order valence-electron chi connectivity index (χ0n) is 10.2. The molecule has 5 nitrogen and oxygen atoms in total. The van der Waals surface area contributed by atoms with Gasteiger partial charge in [-0.2, -0.15) is 0 Å². The van der Waals surface area contributed by atoms with E-state index in [-0.39, 0.29) is 12.0 Å². The van der Waals surface area contributed by atoms with Crippen molar-refractivity contribution in [3.63, 3.8) is 0 Å². The van der Waals surface area contributed by atoms with Crippen molar-refractivity contribution in [2.24, 2.45) is 0 Å². The van der Waals surface area contributed by atoms with E-state index in [1.54, 1.807) is 25.3 Å². The lowest BCUT2D eigenvalue weighted by Gasteiger charge is -2.08. The molecule has 1 aromatic heterocycles. The molecule has 1 heterocycles. The van der Waals surface area contributed by atoms with Crippen LogP contribution in [0.2, 0.25) is 0 Å². The Morgan fingerprint density at radius 2 is 2.35 bits per heavy atom. The van der Waals surface area contributed by atoms with E-state index in [9.17, 15) is 4.79 Å². The summed E-state index contributed by atoms with van der Waals surface area (Å²) in [5, 5.41) is 15.0. The normalized spacial score (nSPS) is 11.9. The van der Waals surface area contributed by atoms with Crippen molar-refractivity contribution >= 4 is 11.6 Å². The summed E-state index contributed by atoms with van der Waals surface area (Å²) in [4.78, 5) is 15.5. The fourth-order valence-corrected chi connectivity index (χ4v) is 1.34. The second-order valence-electron chi connectivity index (χ2n) is 3.85. The Morgan fingerprint density at radius 3 is 3.00 bits per heavy atom. The lowest BCUT2D eigenvalue weighted by atomic mass is 10.2. The standard InChI is InChI=1S/C12H19N3O2/c1-3-13-12(17)11-8-10(5-7-15-11)14-6-4-9(2)16/h5,7-9,16H,3-4,6H2,1-2H3,(H,13,17)(H,14,15). The van der Waals surface area contributed by atoms with Crippen LogP contribution in [-0.2, 0) is 0 Å². The summed E-state index contributed by atoms with van der Waals surface area (Å²) >= 11 is 0. The van der Waals surface area contributed by atoms with E-state index in [4.69, 9.17) is 5.11 Å². The molecule has 0 aliphatic rings. The summed E-state index contributed by atoms with van der Waals surface area (Å²) in [6.07, 6.45) is 1.93. The number of carbonyl (C=O) groups excluding carboxylic acids is 1. The SMILES string of the molecule is CCNC(=O)c1cc(NCCC(C)O)ccn1. The topological polar surface area (TPSA) is 74.2 Å². The molecule has 1 atom stereocenters. The van der Waals surface area contributed by atoms with Crippen molar-refractivity contribution in [2.75, 3.05) is 18.4 Å². The van der Waals surface area contributed by atoms with Gasteiger partial charge in [-0.05, 0) is 32.4 Å². The Labute approximate surface area is 101 Å². The lowest BCUT2D eigenvalue weighted by Crippen LogP contribution is -2.23. The van der Waals surface area contributed by atoms with Crippen LogP contribution >= 0.6 is 0 Å². The molecular formula is C12H19N3O2. The second-order valence-corrected chi connectivity index (χ2v) is 3.85. The molecule has 0 saturated heterocycles. The number of hydrogen-bond donors (Lipinski definition) is 3. The summed E-state index contributed by atoms with van der Waals surface area (Å²) in [6, 6.07) is 3.50. The largest absolute Gasteiger partial charge is 0.393 e. The molecule has 5 heteroatoms. The van der Waals surface area contributed by atoms with E-state index >= 15 is 0 Å². The molecule has 0 radical (unpaired) electrons. The van der Waals surface area contributed by atoms with E-state index in [1.807, 2.05) is 6.92 Å². The first kappa shape index (κ1) is 13.4. The van der Waals surface area contributed by atoms with Crippen LogP contribution in [0.4, 0.5) is 5.69 Å². The summed E-state index contributed by atoms with van der Waals surface area (Å²) < 4.78 is 0. The predicted molar refractivity (Wildman–Crippen MR) is 67.0 cm³/mol. The number of nitrogens with zero attached hydrogens (tertiary/aromatic N) is 1. The fraction of sp³-hybridized carbons (Fsp3) is 0.500. The first-order chi connectivity index (χ1) is 8.13. The van der Waals surface area contributed by atoms with Crippen LogP contribution in [0.5, 0.6) is 0 Å². The van der Waals surface area contributed by atoms with Crippen molar-refractivity contribution in [1.82, 2.24) is 10.3 Å². The maximum atomic E-state index is 11.5. The van der Waals surface area contributed by atoms with Gasteiger partial charge in [-0.3, -0.25) is 9.78 Å². The monoisotopic (exact) mass is 237 g/mol. The van der Waals surface area contributed by atoms with E-state index in [0.29, 0.717) is 25.2 Å². The van der Waals surface area contributed by atoms with Crippen LogP contribution in [0, 0.1) is 0 Å². The highest BCUT2D eigenvalue weighted by Gasteiger charge is 2.06. The molecular weight excluding hydrogens is 218 g/mol. The number of pyridine rings is 1. The number of aliphatic hydroxyl groups excluding tert-OH is 1. The van der Waals surface area contributed by atoms with Gasteiger partial charge in [0.25, 0.3) is 5.91 Å². The third kappa shape index (κ3) is 4.82. The summed E-state index contributed by atoms with van der Waals surface area (Å²) in [7, 11) is 0. The molecule has 0 spiro atoms. The van der Waals surface area contributed by atoms with Crippen molar-refractivity contribution < 1.29 is 9.90 Å². The molecule has 94 valence electrons. The molecule has 1 aromatic rings. The molecule has 0 saturated carbocycles. The number of hydrogen-bond acceptors (Lipinski definition) is 4. The molecule has 0 fully saturated rings. The summed E-state index contributed by atoms with van der Waals surface area (Å²) in [5.41, 5.74) is 1.23. The minimum atomic E-state index is -0.327. The van der Waals surface area contributed by atoms with Gasteiger partial charge in [-0.1, -0.05) is 0 Å². The van der Waals surface area contributed by atoms with Crippen LogP contribution in [0.25, 0.3) is 0 Å². The van der Waals surface area contributed by atoms with Gasteiger partial charge in [-0.15, -0.1) is 0 Å². The van der Waals surface area contributed by atoms with Crippen molar-refractivity contribution in [3.8, 4) is 0 Å². The zero-order valence-corrected chi connectivity index (χ0v) is 10.2. The third-order valence-corrected chi connectivity index (χ3v) is 2.22. The molecule has 1 amide bonds. The van der Waals surface area contributed by atoms with Crippen LogP contribution in [0.3, 0.4) is 0 Å². The summed E-state index contributed by atoms with van der Waals surface area (Å²) in [6.45, 7) is 4.85. The molecule has 3 N–H and O–H groups in total. The minimum Gasteiger partial charge on any atom is -0.393 e. The first-order valence-corrected chi connectivity index (χ1v) is 5.79. The number of anilines is 1. The van der Waals surface area contributed by atoms with Crippen molar-refractivity contribution in [3.05, 3.63) is 24.0 Å². The van der Waals surface area contributed by atoms with Gasteiger partial charge in [0.15, 0.2) is 0 Å². The first-order valence-electron chi connectivity index (χ1n) is 5.79. The summed E-state index contributed by atoms with van der Waals surface area (Å²) in [5.74, 6) is -0.174. The molecule has 0 aliphatic carbocycles. The number of rotatable bonds is 6. The lowest BCUT2D eigenvalue weighted by molar-refractivity contribution is 0.0951. The smallest absolute Gasteiger partial charge is 0.269 e.